The molecule has 0 unspecified atom stereocenters. The van der Waals surface area contributed by atoms with Gasteiger partial charge in [-0.1, -0.05) is 89.4 Å². The molecule has 5 aromatic carbocycles. The van der Waals surface area contributed by atoms with Gasteiger partial charge in [-0.15, -0.1) is 0 Å². The number of halogens is 4. The van der Waals surface area contributed by atoms with E-state index in [2.05, 4.69) is 0 Å². The van der Waals surface area contributed by atoms with E-state index < -0.39 is 26.5 Å². The Morgan fingerprint density at radius 1 is 0.809 bits per heavy atom. The molecule has 0 atom stereocenters. The van der Waals surface area contributed by atoms with Crippen LogP contribution in [0.15, 0.2) is 108 Å². The number of sulfonamides is 1. The summed E-state index contributed by atoms with van der Waals surface area (Å²) in [6.45, 7) is -0.418. The predicted octanol–water partition coefficient (Wildman–Crippen LogP) is 9.37. The Morgan fingerprint density at radius 3 is 2.13 bits per heavy atom. The minimum atomic E-state index is -4.53. The summed E-state index contributed by atoms with van der Waals surface area (Å²) < 4.78 is 49.2. The van der Waals surface area contributed by atoms with Crippen LogP contribution in [0.2, 0.25) is 15.1 Å². The maximum atomic E-state index is 14.4. The highest BCUT2D eigenvalue weighted by Gasteiger charge is 2.31. The van der Waals surface area contributed by atoms with Gasteiger partial charge < -0.3 is 9.84 Å². The average Bonchev–Trinajstić information content (AvgIpc) is 3.06. The zero-order chi connectivity index (χ0) is 33.7. The van der Waals surface area contributed by atoms with Gasteiger partial charge in [0.2, 0.25) is 10.0 Å². The number of ether oxygens (including phenoxy) is 1. The number of carbonyl (C=O) groups excluding carboxylic acids is 1. The summed E-state index contributed by atoms with van der Waals surface area (Å²) in [5.74, 6) is -1.13. The summed E-state index contributed by atoms with van der Waals surface area (Å²) in [7, 11) is -3.06. The van der Waals surface area contributed by atoms with E-state index >= 15 is 0 Å². The molecule has 0 aliphatic rings. The second-order valence-electron chi connectivity index (χ2n) is 10.8. The van der Waals surface area contributed by atoms with E-state index in [1.54, 1.807) is 36.4 Å². The van der Waals surface area contributed by atoms with Crippen molar-refractivity contribution >= 4 is 50.6 Å². The molecule has 47 heavy (non-hydrogen) atoms. The molecule has 0 saturated carbocycles. The molecule has 242 valence electrons. The third kappa shape index (κ3) is 8.15. The first-order chi connectivity index (χ1) is 22.5. The lowest BCUT2D eigenvalue weighted by Gasteiger charge is -2.24. The Kier molecular flexibility index (Phi) is 10.9. The quantitative estimate of drug-likeness (QED) is 0.130. The van der Waals surface area contributed by atoms with E-state index in [4.69, 9.17) is 39.5 Å². The summed E-state index contributed by atoms with van der Waals surface area (Å²) in [4.78, 5) is 12.7. The Bertz CT molecular complexity index is 2010. The van der Waals surface area contributed by atoms with Gasteiger partial charge in [0.15, 0.2) is 11.5 Å². The number of hydrogen-bond donors (Lipinski definition) is 1. The van der Waals surface area contributed by atoms with Gasteiger partial charge in [-0.2, -0.15) is 4.31 Å². The number of hydrogen-bond acceptors (Lipinski definition) is 5. The second kappa shape index (κ2) is 14.9. The first-order valence-corrected chi connectivity index (χ1v) is 17.0. The summed E-state index contributed by atoms with van der Waals surface area (Å²) >= 11 is 19.0. The standard InChI is InChI=1S/C36H29Cl3FNO5S/c1-46-36-30(26-10-12-28(37)13-11-26)17-25(18-32(36)39)22-41(21-24-7-14-29(40)15-8-24)47(44,45)34-20-27(19-31(38)35(34)43)33(42)16-9-23-5-3-2-4-6-23/h2-8,10-15,17-20,43H,9,16,21-22H2,1H3. The van der Waals surface area contributed by atoms with Gasteiger partial charge in [0.1, 0.15) is 16.5 Å². The Hall–Kier alpha value is -3.92. The first kappa shape index (κ1) is 34.4. The van der Waals surface area contributed by atoms with Crippen LogP contribution < -0.4 is 4.74 Å². The van der Waals surface area contributed by atoms with Crippen LogP contribution >= 0.6 is 34.8 Å². The number of aromatic hydroxyl groups is 1. The maximum Gasteiger partial charge on any atom is 0.247 e. The number of ketones is 1. The van der Waals surface area contributed by atoms with Crippen molar-refractivity contribution in [1.82, 2.24) is 4.31 Å². The average molecular weight is 713 g/mol. The van der Waals surface area contributed by atoms with Crippen molar-refractivity contribution in [3.8, 4) is 22.6 Å². The van der Waals surface area contributed by atoms with Gasteiger partial charge in [0.25, 0.3) is 0 Å². The topological polar surface area (TPSA) is 83.9 Å². The number of phenols is 1. The zero-order valence-electron chi connectivity index (χ0n) is 25.1. The Labute approximate surface area is 288 Å². The summed E-state index contributed by atoms with van der Waals surface area (Å²) in [5, 5.41) is 11.4. The number of rotatable bonds is 12. The van der Waals surface area contributed by atoms with Crippen LogP contribution in [-0.2, 0) is 29.5 Å². The molecule has 1 N–H and O–H groups in total. The molecule has 0 heterocycles. The van der Waals surface area contributed by atoms with Gasteiger partial charge in [-0.3, -0.25) is 4.79 Å². The smallest absolute Gasteiger partial charge is 0.247 e. The lowest BCUT2D eigenvalue weighted by Crippen LogP contribution is -2.30. The number of carbonyl (C=O) groups is 1. The molecule has 0 radical (unpaired) electrons. The predicted molar refractivity (Wildman–Crippen MR) is 183 cm³/mol. The highest BCUT2D eigenvalue weighted by molar-refractivity contribution is 7.89. The van der Waals surface area contributed by atoms with Crippen LogP contribution in [-0.4, -0.2) is 30.7 Å². The molecule has 6 nitrogen and oxygen atoms in total. The molecule has 0 spiro atoms. The molecule has 5 aromatic rings. The van der Waals surface area contributed by atoms with Gasteiger partial charge >= 0.3 is 0 Å². The monoisotopic (exact) mass is 711 g/mol. The molecular weight excluding hydrogens is 684 g/mol. The Balaban J connectivity index is 1.55. The van der Waals surface area contributed by atoms with Crippen molar-refractivity contribution in [2.24, 2.45) is 0 Å². The summed E-state index contributed by atoms with van der Waals surface area (Å²) in [6, 6.07) is 27.5. The van der Waals surface area contributed by atoms with Crippen molar-refractivity contribution in [3.05, 3.63) is 146 Å². The lowest BCUT2D eigenvalue weighted by molar-refractivity contribution is 0.0982. The SMILES string of the molecule is COc1c(Cl)cc(CN(Cc2ccc(F)cc2)S(=O)(=O)c2cc(C(=O)CCc3ccccc3)cc(Cl)c2O)cc1-c1ccc(Cl)cc1. The maximum absolute atomic E-state index is 14.4. The van der Waals surface area contributed by atoms with Gasteiger partial charge in [0.05, 0.1) is 17.2 Å². The van der Waals surface area contributed by atoms with Gasteiger partial charge in [-0.25, -0.2) is 12.8 Å². The minimum Gasteiger partial charge on any atom is -0.505 e. The van der Waals surface area contributed by atoms with Crippen LogP contribution in [0, 0.1) is 5.82 Å². The fourth-order valence-corrected chi connectivity index (χ4v) is 7.40. The number of methoxy groups -OCH3 is 1. The third-order valence-corrected chi connectivity index (χ3v) is 10.2. The molecule has 11 heteroatoms. The number of Topliss-reactive ketones (excluding diaryl/α,β-unsaturated/α-hetero) is 1. The number of aryl methyl sites for hydroxylation is 1. The molecule has 0 bridgehead atoms. The Morgan fingerprint density at radius 2 is 1.47 bits per heavy atom. The van der Waals surface area contributed by atoms with Crippen molar-refractivity contribution in [2.75, 3.05) is 7.11 Å². The van der Waals surface area contributed by atoms with Crippen molar-refractivity contribution in [2.45, 2.75) is 30.8 Å². The van der Waals surface area contributed by atoms with E-state index in [1.807, 2.05) is 30.3 Å². The van der Waals surface area contributed by atoms with Crippen LogP contribution in [0.4, 0.5) is 4.39 Å². The van der Waals surface area contributed by atoms with E-state index in [0.29, 0.717) is 33.9 Å². The third-order valence-electron chi connectivity index (χ3n) is 7.55. The van der Waals surface area contributed by atoms with E-state index in [9.17, 15) is 22.7 Å². The van der Waals surface area contributed by atoms with E-state index in [1.165, 1.54) is 37.4 Å². The minimum absolute atomic E-state index is 0.0431. The molecule has 0 saturated heterocycles. The van der Waals surface area contributed by atoms with Gasteiger partial charge in [-0.05, 0) is 77.2 Å². The highest BCUT2D eigenvalue weighted by Crippen LogP contribution is 2.40. The number of nitrogens with zero attached hydrogens (tertiary/aromatic N) is 1. The number of phenolic OH excluding ortho intramolecular Hbond substituents is 1. The lowest BCUT2D eigenvalue weighted by atomic mass is 10.0. The largest absolute Gasteiger partial charge is 0.505 e. The van der Waals surface area contributed by atoms with Crippen molar-refractivity contribution < 1.29 is 27.4 Å². The molecule has 0 aliphatic carbocycles. The highest BCUT2D eigenvalue weighted by atomic mass is 35.5. The molecule has 5 rings (SSSR count). The fraction of sp³-hybridized carbons (Fsp3) is 0.139. The summed E-state index contributed by atoms with van der Waals surface area (Å²) in [5.41, 5.74) is 3.29. The second-order valence-corrected chi connectivity index (χ2v) is 13.9. The van der Waals surface area contributed by atoms with Crippen LogP contribution in [0.25, 0.3) is 11.1 Å². The van der Waals surface area contributed by atoms with Crippen LogP contribution in [0.1, 0.15) is 33.5 Å². The number of benzene rings is 5. The first-order valence-electron chi connectivity index (χ1n) is 14.4. The molecule has 0 aliphatic heterocycles. The molecule has 0 amide bonds. The van der Waals surface area contributed by atoms with Crippen molar-refractivity contribution in [1.29, 1.82) is 0 Å². The normalized spacial score (nSPS) is 11.5. The molecular formula is C36H29Cl3FNO5S. The zero-order valence-corrected chi connectivity index (χ0v) is 28.2. The molecule has 0 aromatic heterocycles. The van der Waals surface area contributed by atoms with Crippen LogP contribution in [0.5, 0.6) is 11.5 Å². The van der Waals surface area contributed by atoms with E-state index in [-0.39, 0.29) is 40.9 Å². The van der Waals surface area contributed by atoms with Gasteiger partial charge in [0, 0.05) is 35.7 Å². The van der Waals surface area contributed by atoms with Crippen LogP contribution in [0.3, 0.4) is 0 Å². The molecule has 0 fully saturated rings. The fourth-order valence-electron chi connectivity index (χ4n) is 5.13. The van der Waals surface area contributed by atoms with E-state index in [0.717, 1.165) is 21.5 Å². The van der Waals surface area contributed by atoms with Crippen molar-refractivity contribution in [3.63, 3.8) is 0 Å². The summed E-state index contributed by atoms with van der Waals surface area (Å²) in [6.07, 6.45) is 0.535.